The third-order valence-corrected chi connectivity index (χ3v) is 5.80. The van der Waals surface area contributed by atoms with Crippen molar-refractivity contribution in [3.05, 3.63) is 39.8 Å². The summed E-state index contributed by atoms with van der Waals surface area (Å²) in [6.07, 6.45) is 0.783. The molecule has 0 spiro atoms. The molecule has 10 heteroatoms. The van der Waals surface area contributed by atoms with Crippen molar-refractivity contribution in [1.29, 1.82) is 0 Å². The molecule has 0 aliphatic carbocycles. The van der Waals surface area contributed by atoms with Gasteiger partial charge >= 0.3 is 0 Å². The number of anilines is 1. The van der Waals surface area contributed by atoms with Gasteiger partial charge in [-0.3, -0.25) is 15.0 Å². The first kappa shape index (κ1) is 17.5. The minimum absolute atomic E-state index is 0.00273. The molecule has 0 saturated heterocycles. The summed E-state index contributed by atoms with van der Waals surface area (Å²) in [6, 6.07) is 4.41. The highest BCUT2D eigenvalue weighted by Gasteiger charge is 2.20. The second kappa shape index (κ2) is 6.90. The molecule has 8 nitrogen and oxygen atoms in total. The zero-order valence-electron chi connectivity index (χ0n) is 13.3. The van der Waals surface area contributed by atoms with Crippen LogP contribution in [0.2, 0.25) is 0 Å². The van der Waals surface area contributed by atoms with Crippen LogP contribution in [0, 0.1) is 6.92 Å². The standard InChI is InChI=1S/C15H16N4O4S2/c1-9-8-24-15(16-9)7-14(21)18-19-25(22,23)11-3-4-12-10(6-11)2-5-13(20)17-12/h3-4,6,8,19H,2,5,7H2,1H3,(H,17,20)(H,18,21). The minimum Gasteiger partial charge on any atom is -0.326 e. The fraction of sp³-hybridized carbons (Fsp3) is 0.267. The van der Waals surface area contributed by atoms with Crippen LogP contribution in [0.1, 0.15) is 22.7 Å². The summed E-state index contributed by atoms with van der Waals surface area (Å²) in [5, 5.41) is 5.12. The maximum Gasteiger partial charge on any atom is 0.257 e. The van der Waals surface area contributed by atoms with E-state index in [0.717, 1.165) is 11.3 Å². The number of fused-ring (bicyclic) bond motifs is 1. The Morgan fingerprint density at radius 2 is 2.16 bits per heavy atom. The molecule has 1 aromatic heterocycles. The highest BCUT2D eigenvalue weighted by atomic mass is 32.2. The second-order valence-electron chi connectivity index (χ2n) is 5.58. The van der Waals surface area contributed by atoms with Crippen molar-refractivity contribution in [2.24, 2.45) is 0 Å². The van der Waals surface area contributed by atoms with Gasteiger partial charge in [-0.25, -0.2) is 13.4 Å². The summed E-state index contributed by atoms with van der Waals surface area (Å²) in [7, 11) is -3.90. The lowest BCUT2D eigenvalue weighted by atomic mass is 10.0. The zero-order chi connectivity index (χ0) is 18.0. The molecule has 3 rings (SSSR count). The van der Waals surface area contributed by atoms with Crippen LogP contribution in [0.15, 0.2) is 28.5 Å². The Hall–Kier alpha value is -2.30. The Morgan fingerprint density at radius 1 is 1.36 bits per heavy atom. The molecule has 2 amide bonds. The molecule has 1 aromatic carbocycles. The third kappa shape index (κ3) is 4.21. The largest absolute Gasteiger partial charge is 0.326 e. The number of nitrogens with zero attached hydrogens (tertiary/aromatic N) is 1. The summed E-state index contributed by atoms with van der Waals surface area (Å²) in [6.45, 7) is 1.82. The first-order valence-corrected chi connectivity index (χ1v) is 9.84. The van der Waals surface area contributed by atoms with Crippen LogP contribution in [-0.2, 0) is 32.5 Å². The van der Waals surface area contributed by atoms with E-state index in [0.29, 0.717) is 23.5 Å². The van der Waals surface area contributed by atoms with Gasteiger partial charge in [0.1, 0.15) is 5.01 Å². The molecule has 3 N–H and O–H groups in total. The number of carbonyl (C=O) groups excluding carboxylic acids is 2. The van der Waals surface area contributed by atoms with E-state index >= 15 is 0 Å². The number of hydrogen-bond donors (Lipinski definition) is 3. The molecule has 25 heavy (non-hydrogen) atoms. The molecule has 132 valence electrons. The molecule has 0 fully saturated rings. The van der Waals surface area contributed by atoms with Gasteiger partial charge < -0.3 is 5.32 Å². The summed E-state index contributed by atoms with van der Waals surface area (Å²) >= 11 is 1.34. The first-order chi connectivity index (χ1) is 11.8. The first-order valence-electron chi connectivity index (χ1n) is 7.48. The number of amides is 2. The van der Waals surface area contributed by atoms with Gasteiger partial charge in [-0.2, -0.15) is 0 Å². The number of aromatic nitrogens is 1. The van der Waals surface area contributed by atoms with Crippen molar-refractivity contribution in [2.45, 2.75) is 31.1 Å². The topological polar surface area (TPSA) is 117 Å². The lowest BCUT2D eigenvalue weighted by Gasteiger charge is -2.17. The van der Waals surface area contributed by atoms with E-state index in [-0.39, 0.29) is 17.2 Å². The Kier molecular flexibility index (Phi) is 4.84. The van der Waals surface area contributed by atoms with Gasteiger partial charge in [0.2, 0.25) is 11.8 Å². The van der Waals surface area contributed by atoms with Crippen molar-refractivity contribution in [1.82, 2.24) is 15.2 Å². The van der Waals surface area contributed by atoms with E-state index in [1.54, 1.807) is 6.07 Å². The van der Waals surface area contributed by atoms with Gasteiger partial charge in [-0.15, -0.1) is 16.2 Å². The maximum absolute atomic E-state index is 12.3. The Morgan fingerprint density at radius 3 is 2.88 bits per heavy atom. The summed E-state index contributed by atoms with van der Waals surface area (Å²) in [5.41, 5.74) is 4.35. The van der Waals surface area contributed by atoms with Crippen molar-refractivity contribution in [2.75, 3.05) is 5.32 Å². The van der Waals surface area contributed by atoms with E-state index < -0.39 is 15.9 Å². The molecule has 2 aromatic rings. The molecule has 0 unspecified atom stereocenters. The number of carbonyl (C=O) groups is 2. The summed E-state index contributed by atoms with van der Waals surface area (Å²) < 4.78 is 24.6. The molecule has 1 aliphatic rings. The summed E-state index contributed by atoms with van der Waals surface area (Å²) in [5.74, 6) is -0.589. The Balaban J connectivity index is 1.65. The molecule has 0 radical (unpaired) electrons. The van der Waals surface area contributed by atoms with Crippen LogP contribution in [-0.4, -0.2) is 25.2 Å². The van der Waals surface area contributed by atoms with Crippen molar-refractivity contribution < 1.29 is 18.0 Å². The van der Waals surface area contributed by atoms with E-state index in [2.05, 4.69) is 20.6 Å². The molecular formula is C15H16N4O4S2. The van der Waals surface area contributed by atoms with Crippen LogP contribution in [0.4, 0.5) is 5.69 Å². The zero-order valence-corrected chi connectivity index (χ0v) is 15.0. The van der Waals surface area contributed by atoms with Crippen LogP contribution in [0.5, 0.6) is 0 Å². The lowest BCUT2D eigenvalue weighted by molar-refractivity contribution is -0.121. The molecule has 0 saturated carbocycles. The average molecular weight is 380 g/mol. The van der Waals surface area contributed by atoms with E-state index in [4.69, 9.17) is 0 Å². The van der Waals surface area contributed by atoms with E-state index in [1.165, 1.54) is 23.5 Å². The number of benzene rings is 1. The third-order valence-electron chi connectivity index (χ3n) is 3.59. The van der Waals surface area contributed by atoms with Crippen molar-refractivity contribution in [3.63, 3.8) is 0 Å². The SMILES string of the molecule is Cc1csc(CC(=O)NNS(=O)(=O)c2ccc3c(c2)CCC(=O)N3)n1. The van der Waals surface area contributed by atoms with Gasteiger partial charge in [0.15, 0.2) is 0 Å². The van der Waals surface area contributed by atoms with Crippen molar-refractivity contribution >= 4 is 38.9 Å². The number of hydrogen-bond acceptors (Lipinski definition) is 6. The number of nitrogens with one attached hydrogen (secondary N) is 3. The number of hydrazine groups is 1. The monoisotopic (exact) mass is 380 g/mol. The molecule has 2 heterocycles. The highest BCUT2D eigenvalue weighted by Crippen LogP contribution is 2.25. The number of sulfonamides is 1. The minimum atomic E-state index is -3.90. The average Bonchev–Trinajstić information content (AvgIpc) is 2.97. The van der Waals surface area contributed by atoms with E-state index in [9.17, 15) is 18.0 Å². The maximum atomic E-state index is 12.3. The lowest BCUT2D eigenvalue weighted by Crippen LogP contribution is -2.42. The molecule has 0 atom stereocenters. The fourth-order valence-corrected chi connectivity index (χ4v) is 4.06. The molecular weight excluding hydrogens is 364 g/mol. The number of aryl methyl sites for hydroxylation is 2. The second-order valence-corrected chi connectivity index (χ2v) is 8.21. The Bertz CT molecular complexity index is 937. The summed E-state index contributed by atoms with van der Waals surface area (Å²) in [4.78, 5) is 29.4. The van der Waals surface area contributed by atoms with Gasteiger partial charge in [-0.1, -0.05) is 0 Å². The van der Waals surface area contributed by atoms with E-state index in [1.807, 2.05) is 12.3 Å². The van der Waals surface area contributed by atoms with Gasteiger partial charge in [-0.05, 0) is 37.1 Å². The molecule has 1 aliphatic heterocycles. The smallest absolute Gasteiger partial charge is 0.257 e. The molecule has 0 bridgehead atoms. The van der Waals surface area contributed by atoms with Crippen LogP contribution in [0.3, 0.4) is 0 Å². The van der Waals surface area contributed by atoms with Crippen LogP contribution < -0.4 is 15.6 Å². The Labute approximate surface area is 148 Å². The number of rotatable bonds is 5. The van der Waals surface area contributed by atoms with Gasteiger partial charge in [0.25, 0.3) is 10.0 Å². The predicted molar refractivity (Wildman–Crippen MR) is 92.4 cm³/mol. The fourth-order valence-electron chi connectivity index (χ4n) is 2.38. The number of thiazole rings is 1. The van der Waals surface area contributed by atoms with Gasteiger partial charge in [0, 0.05) is 23.2 Å². The van der Waals surface area contributed by atoms with Gasteiger partial charge in [0.05, 0.1) is 11.3 Å². The highest BCUT2D eigenvalue weighted by molar-refractivity contribution is 7.89. The van der Waals surface area contributed by atoms with Crippen molar-refractivity contribution in [3.8, 4) is 0 Å². The quantitative estimate of drug-likeness (QED) is 0.666. The van der Waals surface area contributed by atoms with Crippen LogP contribution in [0.25, 0.3) is 0 Å². The van der Waals surface area contributed by atoms with Crippen LogP contribution >= 0.6 is 11.3 Å². The normalized spacial score (nSPS) is 13.9. The predicted octanol–water partition coefficient (Wildman–Crippen LogP) is 0.888.